The van der Waals surface area contributed by atoms with Crippen molar-refractivity contribution in [3.05, 3.63) is 53.6 Å². The van der Waals surface area contributed by atoms with Crippen LogP contribution in [0.5, 0.6) is 5.75 Å². The normalized spacial score (nSPS) is 14.4. The first-order chi connectivity index (χ1) is 12.8. The first-order valence-electron chi connectivity index (χ1n) is 9.79. The third-order valence-corrected chi connectivity index (χ3v) is 5.77. The molecule has 148 valence electrons. The summed E-state index contributed by atoms with van der Waals surface area (Å²) in [5.74, 6) is 2.18. The van der Waals surface area contributed by atoms with E-state index >= 15 is 0 Å². The fraction of sp³-hybridized carbons (Fsp3) is 0.478. The average Bonchev–Trinajstić information content (AvgIpc) is 2.66. The topological polar surface area (TPSA) is 29.5 Å². The van der Waals surface area contributed by atoms with Crippen molar-refractivity contribution in [3.63, 3.8) is 0 Å². The highest BCUT2D eigenvalue weighted by atomic mass is 32.2. The van der Waals surface area contributed by atoms with Crippen LogP contribution in [0.3, 0.4) is 0 Å². The van der Waals surface area contributed by atoms with Crippen LogP contribution in [0.15, 0.2) is 47.4 Å². The molecule has 3 nitrogen and oxygen atoms in total. The fourth-order valence-electron chi connectivity index (χ4n) is 2.93. The van der Waals surface area contributed by atoms with E-state index in [9.17, 15) is 4.21 Å². The second-order valence-electron chi connectivity index (χ2n) is 7.91. The van der Waals surface area contributed by atoms with Crippen LogP contribution in [0, 0.1) is 5.92 Å². The summed E-state index contributed by atoms with van der Waals surface area (Å²) in [6.45, 7) is 11.7. The maximum Gasteiger partial charge on any atom is 0.152 e. The van der Waals surface area contributed by atoms with Crippen LogP contribution in [-0.2, 0) is 17.4 Å². The lowest BCUT2D eigenvalue weighted by atomic mass is 10.0. The lowest BCUT2D eigenvalue weighted by molar-refractivity contribution is 0.414. The minimum Gasteiger partial charge on any atom is -0.497 e. The molecule has 1 atom stereocenters. The quantitative estimate of drug-likeness (QED) is 0.648. The number of anilines is 1. The lowest BCUT2D eigenvalue weighted by Crippen LogP contribution is -2.31. The maximum absolute atomic E-state index is 13.0. The zero-order chi connectivity index (χ0) is 20.0. The molecule has 0 aliphatic carbocycles. The molecule has 2 aromatic carbocycles. The van der Waals surface area contributed by atoms with Crippen molar-refractivity contribution in [1.29, 1.82) is 0 Å². The molecule has 0 fully saturated rings. The summed E-state index contributed by atoms with van der Waals surface area (Å²) in [6, 6.07) is 14.2. The van der Waals surface area contributed by atoms with Gasteiger partial charge in [0, 0.05) is 6.54 Å². The number of ether oxygens (including phenoxy) is 1. The molecule has 3 rings (SSSR count). The van der Waals surface area contributed by atoms with Crippen molar-refractivity contribution in [2.24, 2.45) is 5.92 Å². The second kappa shape index (κ2) is 9.93. The van der Waals surface area contributed by atoms with Gasteiger partial charge in [-0.2, -0.15) is 0 Å². The molecular formula is C23H33NO2S. The zero-order valence-corrected chi connectivity index (χ0v) is 18.3. The van der Waals surface area contributed by atoms with Gasteiger partial charge in [-0.05, 0) is 66.1 Å². The van der Waals surface area contributed by atoms with Gasteiger partial charge in [0.2, 0.25) is 0 Å². The predicted octanol–water partition coefficient (Wildman–Crippen LogP) is 5.96. The van der Waals surface area contributed by atoms with Crippen molar-refractivity contribution in [3.8, 4) is 5.75 Å². The number of methoxy groups -OCH3 is 1. The van der Waals surface area contributed by atoms with E-state index in [2.05, 4.69) is 52.8 Å². The summed E-state index contributed by atoms with van der Waals surface area (Å²) in [4.78, 5) is 0.859. The standard InChI is InChI=1S/C19H23NO2S.C4H10/c1-14(2)15-6-9-18(10-7-15)23(21)20-12-4-5-16-13-17(22-3)8-11-19(16)20;1-4(2)3/h6-11,13-14H,4-5,12H2,1-3H3;4H,1-3H3. The number of benzene rings is 2. The number of aryl methyl sites for hydroxylation is 1. The van der Waals surface area contributed by atoms with E-state index in [0.29, 0.717) is 5.92 Å². The SMILES string of the molecule is CC(C)C.COc1ccc2c(c1)CCCN2S(=O)c1ccc(C(C)C)cc1. The minimum absolute atomic E-state index is 0.487. The first kappa shape index (κ1) is 21.5. The van der Waals surface area contributed by atoms with Crippen LogP contribution in [0.4, 0.5) is 5.69 Å². The van der Waals surface area contributed by atoms with Crippen molar-refractivity contribution in [2.45, 2.75) is 58.3 Å². The highest BCUT2D eigenvalue weighted by Crippen LogP contribution is 2.33. The van der Waals surface area contributed by atoms with Crippen LogP contribution in [0.25, 0.3) is 0 Å². The van der Waals surface area contributed by atoms with Crippen molar-refractivity contribution >= 4 is 16.7 Å². The number of fused-ring (bicyclic) bond motifs is 1. The molecular weight excluding hydrogens is 354 g/mol. The van der Waals surface area contributed by atoms with Crippen LogP contribution < -0.4 is 9.04 Å². The Morgan fingerprint density at radius 2 is 1.63 bits per heavy atom. The Kier molecular flexibility index (Phi) is 7.91. The first-order valence-corrected chi connectivity index (χ1v) is 10.9. The molecule has 27 heavy (non-hydrogen) atoms. The Hall–Kier alpha value is -1.81. The van der Waals surface area contributed by atoms with Gasteiger partial charge in [-0.15, -0.1) is 0 Å². The molecule has 0 N–H and O–H groups in total. The van der Waals surface area contributed by atoms with Gasteiger partial charge in [-0.25, -0.2) is 4.21 Å². The third-order valence-electron chi connectivity index (χ3n) is 4.31. The molecule has 4 heteroatoms. The van der Waals surface area contributed by atoms with Crippen LogP contribution in [-0.4, -0.2) is 17.9 Å². The molecule has 1 aliphatic heterocycles. The van der Waals surface area contributed by atoms with Gasteiger partial charge in [0.25, 0.3) is 0 Å². The predicted molar refractivity (Wildman–Crippen MR) is 116 cm³/mol. The Balaban J connectivity index is 0.000000596. The van der Waals surface area contributed by atoms with Gasteiger partial charge in [0.05, 0.1) is 17.7 Å². The Bertz CT molecular complexity index is 751. The second-order valence-corrected chi connectivity index (χ2v) is 9.32. The molecule has 0 radical (unpaired) electrons. The van der Waals surface area contributed by atoms with E-state index in [4.69, 9.17) is 4.74 Å². The van der Waals surface area contributed by atoms with Crippen molar-refractivity contribution in [2.75, 3.05) is 18.0 Å². The van der Waals surface area contributed by atoms with Crippen LogP contribution in [0.1, 0.15) is 58.1 Å². The molecule has 0 spiro atoms. The Morgan fingerprint density at radius 3 is 2.19 bits per heavy atom. The molecule has 0 saturated carbocycles. The Morgan fingerprint density at radius 1 is 1.00 bits per heavy atom. The molecule has 0 bridgehead atoms. The van der Waals surface area contributed by atoms with Gasteiger partial charge in [-0.3, -0.25) is 4.31 Å². The van der Waals surface area contributed by atoms with Gasteiger partial charge in [0.15, 0.2) is 11.0 Å². The molecule has 1 aliphatic rings. The number of hydrogen-bond donors (Lipinski definition) is 0. The summed E-state index contributed by atoms with van der Waals surface area (Å²) < 4.78 is 20.3. The Labute approximate surface area is 167 Å². The summed E-state index contributed by atoms with van der Waals surface area (Å²) in [7, 11) is 0.509. The highest BCUT2D eigenvalue weighted by molar-refractivity contribution is 7.86. The summed E-state index contributed by atoms with van der Waals surface area (Å²) in [5, 5.41) is 0. The summed E-state index contributed by atoms with van der Waals surface area (Å²) in [5.41, 5.74) is 3.54. The smallest absolute Gasteiger partial charge is 0.152 e. The third kappa shape index (κ3) is 5.83. The van der Waals surface area contributed by atoms with Crippen molar-refractivity contribution in [1.82, 2.24) is 0 Å². The molecule has 0 aromatic heterocycles. The lowest BCUT2D eigenvalue weighted by Gasteiger charge is -2.30. The van der Waals surface area contributed by atoms with E-state index in [1.807, 2.05) is 28.6 Å². The maximum atomic E-state index is 13.0. The molecule has 1 unspecified atom stereocenters. The fourth-order valence-corrected chi connectivity index (χ4v) is 4.21. The molecule has 2 aromatic rings. The van der Waals surface area contributed by atoms with Gasteiger partial charge in [0.1, 0.15) is 5.75 Å². The van der Waals surface area contributed by atoms with E-state index in [1.54, 1.807) is 7.11 Å². The zero-order valence-electron chi connectivity index (χ0n) is 17.5. The van der Waals surface area contributed by atoms with Crippen LogP contribution >= 0.6 is 0 Å². The van der Waals surface area contributed by atoms with E-state index in [-0.39, 0.29) is 0 Å². The van der Waals surface area contributed by atoms with E-state index in [1.165, 1.54) is 11.1 Å². The van der Waals surface area contributed by atoms with Crippen LogP contribution in [0.2, 0.25) is 0 Å². The van der Waals surface area contributed by atoms with E-state index < -0.39 is 11.0 Å². The van der Waals surface area contributed by atoms with E-state index in [0.717, 1.165) is 41.6 Å². The average molecular weight is 388 g/mol. The summed E-state index contributed by atoms with van der Waals surface area (Å²) >= 11 is 0. The van der Waals surface area contributed by atoms with Gasteiger partial charge in [-0.1, -0.05) is 46.8 Å². The van der Waals surface area contributed by atoms with Crippen molar-refractivity contribution < 1.29 is 8.95 Å². The molecule has 0 amide bonds. The monoisotopic (exact) mass is 387 g/mol. The number of hydrogen-bond acceptors (Lipinski definition) is 2. The number of rotatable bonds is 4. The minimum atomic E-state index is -1.17. The largest absolute Gasteiger partial charge is 0.497 e. The van der Waals surface area contributed by atoms with Gasteiger partial charge >= 0.3 is 0 Å². The number of nitrogens with zero attached hydrogens (tertiary/aromatic N) is 1. The van der Waals surface area contributed by atoms with Gasteiger partial charge < -0.3 is 4.74 Å². The molecule has 0 saturated heterocycles. The summed E-state index contributed by atoms with van der Waals surface area (Å²) in [6.07, 6.45) is 2.02. The molecule has 1 heterocycles. The highest BCUT2D eigenvalue weighted by Gasteiger charge is 2.23.